The van der Waals surface area contributed by atoms with Crippen LogP contribution in [0.1, 0.15) is 75.2 Å². The monoisotopic (exact) mass is 474 g/mol. The molecular formula is C21H38N4O8. The first-order valence-corrected chi connectivity index (χ1v) is 10.5. The number of imide groups is 1. The number of guanidine groups is 1. The van der Waals surface area contributed by atoms with Gasteiger partial charge in [0.25, 0.3) is 0 Å². The third-order valence-corrected chi connectivity index (χ3v) is 3.30. The van der Waals surface area contributed by atoms with Crippen molar-refractivity contribution in [1.82, 2.24) is 10.2 Å². The van der Waals surface area contributed by atoms with E-state index in [1.807, 2.05) is 0 Å². The van der Waals surface area contributed by atoms with Crippen molar-refractivity contribution in [2.45, 2.75) is 98.0 Å². The first-order valence-electron chi connectivity index (χ1n) is 10.5. The van der Waals surface area contributed by atoms with E-state index in [0.29, 0.717) is 4.90 Å². The van der Waals surface area contributed by atoms with Crippen LogP contribution in [0.2, 0.25) is 0 Å². The Morgan fingerprint density at radius 3 is 1.67 bits per heavy atom. The summed E-state index contributed by atoms with van der Waals surface area (Å²) in [7, 11) is 0. The van der Waals surface area contributed by atoms with Gasteiger partial charge < -0.3 is 30.4 Å². The number of nitrogens with one attached hydrogen (secondary N) is 1. The number of amides is 3. The number of carbonyl (C=O) groups excluding carboxylic acids is 3. The maximum Gasteiger partial charge on any atom is 0.427 e. The molecule has 0 saturated heterocycles. The lowest BCUT2D eigenvalue weighted by molar-refractivity contribution is -0.139. The third kappa shape index (κ3) is 13.9. The zero-order chi connectivity index (χ0) is 26.2. The van der Waals surface area contributed by atoms with E-state index in [4.69, 9.17) is 19.9 Å². The Kier molecular flexibility index (Phi) is 10.6. The van der Waals surface area contributed by atoms with E-state index in [9.17, 15) is 24.3 Å². The van der Waals surface area contributed by atoms with E-state index >= 15 is 0 Å². The number of nitrogens with two attached hydrogens (primary N) is 1. The normalized spacial score (nSPS) is 13.5. The van der Waals surface area contributed by atoms with Crippen molar-refractivity contribution in [3.05, 3.63) is 0 Å². The van der Waals surface area contributed by atoms with Gasteiger partial charge in [-0.1, -0.05) is 0 Å². The maximum absolute atomic E-state index is 12.5. The molecule has 4 N–H and O–H groups in total. The van der Waals surface area contributed by atoms with Gasteiger partial charge in [0.05, 0.1) is 0 Å². The smallest absolute Gasteiger partial charge is 0.427 e. The van der Waals surface area contributed by atoms with Crippen molar-refractivity contribution >= 4 is 30.2 Å². The Morgan fingerprint density at radius 2 is 1.30 bits per heavy atom. The summed E-state index contributed by atoms with van der Waals surface area (Å²) in [6.07, 6.45) is -2.81. The number of carboxylic acids is 1. The summed E-state index contributed by atoms with van der Waals surface area (Å²) in [5.41, 5.74) is 3.27. The van der Waals surface area contributed by atoms with Crippen molar-refractivity contribution < 1.29 is 38.5 Å². The number of hydrogen-bond acceptors (Lipinski definition) is 8. The number of ether oxygens (including phenoxy) is 3. The fourth-order valence-electron chi connectivity index (χ4n) is 2.14. The number of aliphatic imine (C=N–C) groups is 1. The van der Waals surface area contributed by atoms with Crippen molar-refractivity contribution in [2.24, 2.45) is 10.7 Å². The first kappa shape index (κ1) is 29.9. The summed E-state index contributed by atoms with van der Waals surface area (Å²) < 4.78 is 15.5. The molecule has 33 heavy (non-hydrogen) atoms. The molecule has 0 aromatic carbocycles. The number of aliphatic carboxylic acids is 1. The van der Waals surface area contributed by atoms with Crippen molar-refractivity contribution in [1.29, 1.82) is 0 Å². The highest BCUT2D eigenvalue weighted by Gasteiger charge is 2.34. The second-order valence-corrected chi connectivity index (χ2v) is 10.2. The van der Waals surface area contributed by atoms with E-state index < -0.39 is 53.1 Å². The highest BCUT2D eigenvalue weighted by molar-refractivity contribution is 6.07. The molecule has 0 radical (unpaired) electrons. The SMILES string of the molecule is CC(C)(C)OC(=O)N[C@@H](CCCN=C(N)N(C(=O)OC(C)(C)C)C(=O)OC(C)(C)C)C(=O)O. The van der Waals surface area contributed by atoms with Gasteiger partial charge in [-0.3, -0.25) is 4.99 Å². The van der Waals surface area contributed by atoms with Crippen LogP contribution in [0.25, 0.3) is 0 Å². The van der Waals surface area contributed by atoms with Crippen molar-refractivity contribution in [3.63, 3.8) is 0 Å². The number of alkyl carbamates (subject to hydrolysis) is 1. The first-order chi connectivity index (χ1) is 14.7. The van der Waals surface area contributed by atoms with Crippen molar-refractivity contribution in [2.75, 3.05) is 6.54 Å². The van der Waals surface area contributed by atoms with Gasteiger partial charge in [-0.2, -0.15) is 0 Å². The van der Waals surface area contributed by atoms with Crippen LogP contribution in [0.5, 0.6) is 0 Å². The lowest BCUT2D eigenvalue weighted by Gasteiger charge is -2.28. The van der Waals surface area contributed by atoms with Gasteiger partial charge in [-0.05, 0) is 75.2 Å². The molecule has 1 atom stereocenters. The number of carboxylic acid groups (broad SMARTS) is 1. The highest BCUT2D eigenvalue weighted by atomic mass is 16.6. The summed E-state index contributed by atoms with van der Waals surface area (Å²) in [5.74, 6) is -1.72. The minimum Gasteiger partial charge on any atom is -0.480 e. The Hall–Kier alpha value is -3.05. The van der Waals surface area contributed by atoms with Crippen LogP contribution >= 0.6 is 0 Å². The zero-order valence-electron chi connectivity index (χ0n) is 21.0. The molecule has 0 unspecified atom stereocenters. The number of nitrogens with zero attached hydrogens (tertiary/aromatic N) is 2. The standard InChI is InChI=1S/C21H38N4O8/c1-19(2,3)31-16(28)24-13(14(26)27)11-10-12-23-15(22)25(17(29)32-20(4,5)6)18(30)33-21(7,8)9/h13H,10-12H2,1-9H3,(H2,22,23)(H,24,28)(H,26,27)/t13-/m0/s1. The molecule has 0 bridgehead atoms. The molecule has 3 amide bonds. The highest BCUT2D eigenvalue weighted by Crippen LogP contribution is 2.15. The van der Waals surface area contributed by atoms with Gasteiger partial charge >= 0.3 is 24.2 Å². The van der Waals surface area contributed by atoms with E-state index in [1.54, 1.807) is 62.3 Å². The summed E-state index contributed by atoms with van der Waals surface area (Å²) >= 11 is 0. The van der Waals surface area contributed by atoms with Gasteiger partial charge in [-0.25, -0.2) is 19.2 Å². The Labute approximate surface area is 194 Å². The Balaban J connectivity index is 5.25. The van der Waals surface area contributed by atoms with Crippen LogP contribution in [0.3, 0.4) is 0 Å². The third-order valence-electron chi connectivity index (χ3n) is 3.30. The van der Waals surface area contributed by atoms with Crippen LogP contribution in [0.15, 0.2) is 4.99 Å². The molecule has 0 aromatic heterocycles. The van der Waals surface area contributed by atoms with E-state index in [2.05, 4.69) is 10.3 Å². The molecule has 12 nitrogen and oxygen atoms in total. The zero-order valence-corrected chi connectivity index (χ0v) is 21.0. The molecule has 0 heterocycles. The number of rotatable bonds is 6. The second-order valence-electron chi connectivity index (χ2n) is 10.2. The van der Waals surface area contributed by atoms with Crippen LogP contribution in [0.4, 0.5) is 14.4 Å². The van der Waals surface area contributed by atoms with Crippen LogP contribution in [-0.4, -0.2) is 69.6 Å². The van der Waals surface area contributed by atoms with Crippen molar-refractivity contribution in [3.8, 4) is 0 Å². The molecule has 0 aromatic rings. The average Bonchev–Trinajstić information content (AvgIpc) is 2.52. The average molecular weight is 475 g/mol. The lowest BCUT2D eigenvalue weighted by Crippen LogP contribution is -2.50. The molecule has 0 aliphatic carbocycles. The fourth-order valence-corrected chi connectivity index (χ4v) is 2.14. The van der Waals surface area contributed by atoms with E-state index in [-0.39, 0.29) is 19.4 Å². The molecule has 0 spiro atoms. The molecule has 190 valence electrons. The van der Waals surface area contributed by atoms with Crippen LogP contribution in [0, 0.1) is 0 Å². The predicted octanol–water partition coefficient (Wildman–Crippen LogP) is 3.23. The molecule has 0 rings (SSSR count). The maximum atomic E-state index is 12.5. The molecule has 0 aliphatic heterocycles. The minimum absolute atomic E-state index is 0.00420. The molecule has 12 heteroatoms. The topological polar surface area (TPSA) is 170 Å². The second kappa shape index (κ2) is 11.7. The fraction of sp³-hybridized carbons (Fsp3) is 0.762. The number of carbonyl (C=O) groups is 4. The molecule has 0 saturated carbocycles. The Morgan fingerprint density at radius 1 is 0.879 bits per heavy atom. The summed E-state index contributed by atoms with van der Waals surface area (Å²) in [6, 6.07) is -1.22. The van der Waals surface area contributed by atoms with Gasteiger partial charge in [0.1, 0.15) is 22.8 Å². The summed E-state index contributed by atoms with van der Waals surface area (Å²) in [6.45, 7) is 14.6. The van der Waals surface area contributed by atoms with Gasteiger partial charge in [-0.15, -0.1) is 4.90 Å². The lowest BCUT2D eigenvalue weighted by atomic mass is 10.1. The summed E-state index contributed by atoms with van der Waals surface area (Å²) in [4.78, 5) is 52.7. The van der Waals surface area contributed by atoms with Gasteiger partial charge in [0.15, 0.2) is 0 Å². The van der Waals surface area contributed by atoms with Gasteiger partial charge in [0, 0.05) is 6.54 Å². The van der Waals surface area contributed by atoms with E-state index in [0.717, 1.165) is 0 Å². The van der Waals surface area contributed by atoms with Crippen LogP contribution in [-0.2, 0) is 19.0 Å². The Bertz CT molecular complexity index is 717. The van der Waals surface area contributed by atoms with Crippen LogP contribution < -0.4 is 11.1 Å². The largest absolute Gasteiger partial charge is 0.480 e. The summed E-state index contributed by atoms with van der Waals surface area (Å²) in [5, 5.41) is 11.6. The van der Waals surface area contributed by atoms with E-state index in [1.165, 1.54) is 0 Å². The number of hydrogen-bond donors (Lipinski definition) is 3. The minimum atomic E-state index is -1.25. The molecular weight excluding hydrogens is 436 g/mol. The predicted molar refractivity (Wildman–Crippen MR) is 121 cm³/mol. The quantitative estimate of drug-likeness (QED) is 0.226. The molecule has 0 fully saturated rings. The molecule has 0 aliphatic rings. The van der Waals surface area contributed by atoms with Gasteiger partial charge in [0.2, 0.25) is 5.96 Å².